The number of carboxylic acids is 1. The first kappa shape index (κ1) is 17.0. The second-order valence-corrected chi connectivity index (χ2v) is 4.88. The number of carbonyl (C=O) groups excluding carboxylic acids is 1. The highest BCUT2D eigenvalue weighted by Crippen LogP contribution is 2.15. The Bertz CT molecular complexity index is 521. The van der Waals surface area contributed by atoms with Gasteiger partial charge in [0, 0.05) is 18.7 Å². The van der Waals surface area contributed by atoms with Gasteiger partial charge in [-0.1, -0.05) is 0 Å². The highest BCUT2D eigenvalue weighted by molar-refractivity contribution is 5.92. The Balaban J connectivity index is 2.63. The summed E-state index contributed by atoms with van der Waals surface area (Å²) in [4.78, 5) is 24.1. The van der Waals surface area contributed by atoms with Crippen molar-refractivity contribution in [2.45, 2.75) is 26.3 Å². The van der Waals surface area contributed by atoms with E-state index in [1.165, 1.54) is 0 Å². The van der Waals surface area contributed by atoms with Crippen LogP contribution in [0, 0.1) is 11.6 Å². The first-order valence-electron chi connectivity index (χ1n) is 6.50. The molecule has 21 heavy (non-hydrogen) atoms. The SMILES string of the molecule is CC(C)N(CCC(=O)O)CC(=O)Nc1ccc(F)cc1F. The normalized spacial score (nSPS) is 11.0. The van der Waals surface area contributed by atoms with Gasteiger partial charge in [0.2, 0.25) is 5.91 Å². The van der Waals surface area contributed by atoms with Crippen LogP contribution in [0.2, 0.25) is 0 Å². The van der Waals surface area contributed by atoms with E-state index in [-0.39, 0.29) is 31.2 Å². The molecule has 0 aliphatic rings. The molecule has 0 unspecified atom stereocenters. The molecule has 0 aliphatic heterocycles. The first-order chi connectivity index (χ1) is 9.79. The number of benzene rings is 1. The van der Waals surface area contributed by atoms with E-state index in [1.807, 2.05) is 13.8 Å². The van der Waals surface area contributed by atoms with E-state index in [4.69, 9.17) is 5.11 Å². The molecule has 1 amide bonds. The van der Waals surface area contributed by atoms with Gasteiger partial charge in [0.1, 0.15) is 11.6 Å². The number of nitrogens with zero attached hydrogens (tertiary/aromatic N) is 1. The summed E-state index contributed by atoms with van der Waals surface area (Å²) in [7, 11) is 0. The van der Waals surface area contributed by atoms with Crippen LogP contribution in [0.3, 0.4) is 0 Å². The Morgan fingerprint density at radius 1 is 1.33 bits per heavy atom. The summed E-state index contributed by atoms with van der Waals surface area (Å²) in [6.45, 7) is 3.80. The van der Waals surface area contributed by atoms with Crippen molar-refractivity contribution < 1.29 is 23.5 Å². The standard InChI is InChI=1S/C14H18F2N2O3/c1-9(2)18(6-5-14(20)21)8-13(19)17-12-4-3-10(15)7-11(12)16/h3-4,7,9H,5-6,8H2,1-2H3,(H,17,19)(H,20,21). The van der Waals surface area contributed by atoms with Gasteiger partial charge in [0.15, 0.2) is 0 Å². The third-order valence-corrected chi connectivity index (χ3v) is 2.90. The van der Waals surface area contributed by atoms with E-state index in [2.05, 4.69) is 5.32 Å². The molecule has 0 saturated heterocycles. The fourth-order valence-electron chi connectivity index (χ4n) is 1.72. The fourth-order valence-corrected chi connectivity index (χ4v) is 1.72. The van der Waals surface area contributed by atoms with Crippen LogP contribution in [-0.2, 0) is 9.59 Å². The van der Waals surface area contributed by atoms with Crippen molar-refractivity contribution >= 4 is 17.6 Å². The minimum atomic E-state index is -0.953. The third kappa shape index (κ3) is 5.86. The maximum atomic E-state index is 13.4. The number of hydrogen-bond acceptors (Lipinski definition) is 3. The van der Waals surface area contributed by atoms with Crippen molar-refractivity contribution in [3.8, 4) is 0 Å². The van der Waals surface area contributed by atoms with E-state index in [0.717, 1.165) is 12.1 Å². The summed E-state index contributed by atoms with van der Waals surface area (Å²) in [6, 6.07) is 2.83. The van der Waals surface area contributed by atoms with Crippen LogP contribution < -0.4 is 5.32 Å². The summed E-state index contributed by atoms with van der Waals surface area (Å²) in [5.41, 5.74) is -0.108. The zero-order valence-electron chi connectivity index (χ0n) is 11.9. The third-order valence-electron chi connectivity index (χ3n) is 2.90. The fraction of sp³-hybridized carbons (Fsp3) is 0.429. The molecule has 2 N–H and O–H groups in total. The number of amides is 1. The lowest BCUT2D eigenvalue weighted by Crippen LogP contribution is -2.39. The predicted molar refractivity (Wildman–Crippen MR) is 73.9 cm³/mol. The monoisotopic (exact) mass is 300 g/mol. The maximum absolute atomic E-state index is 13.4. The van der Waals surface area contributed by atoms with Gasteiger partial charge in [-0.2, -0.15) is 0 Å². The molecule has 0 radical (unpaired) electrons. The minimum absolute atomic E-state index is 0.0341. The van der Waals surface area contributed by atoms with Crippen LogP contribution in [0.1, 0.15) is 20.3 Å². The summed E-state index contributed by atoms with van der Waals surface area (Å²) in [5.74, 6) is -3.02. The highest BCUT2D eigenvalue weighted by atomic mass is 19.1. The second kappa shape index (κ2) is 7.68. The van der Waals surface area contributed by atoms with Gasteiger partial charge < -0.3 is 10.4 Å². The van der Waals surface area contributed by atoms with E-state index < -0.39 is 23.5 Å². The van der Waals surface area contributed by atoms with Crippen molar-refractivity contribution in [2.75, 3.05) is 18.4 Å². The molecule has 0 saturated carbocycles. The summed E-state index contributed by atoms with van der Waals surface area (Å²) >= 11 is 0. The zero-order chi connectivity index (χ0) is 16.0. The number of anilines is 1. The molecule has 0 aliphatic carbocycles. The molecule has 0 bridgehead atoms. The van der Waals surface area contributed by atoms with Gasteiger partial charge in [0.05, 0.1) is 18.7 Å². The van der Waals surface area contributed by atoms with E-state index >= 15 is 0 Å². The average molecular weight is 300 g/mol. The van der Waals surface area contributed by atoms with Crippen LogP contribution in [0.5, 0.6) is 0 Å². The van der Waals surface area contributed by atoms with Crippen molar-refractivity contribution in [2.24, 2.45) is 0 Å². The van der Waals surface area contributed by atoms with E-state index in [0.29, 0.717) is 6.07 Å². The summed E-state index contributed by atoms with van der Waals surface area (Å²) in [6.07, 6.45) is -0.0869. The minimum Gasteiger partial charge on any atom is -0.481 e. The average Bonchev–Trinajstić information content (AvgIpc) is 2.37. The Kier molecular flexibility index (Phi) is 6.23. The van der Waals surface area contributed by atoms with Gasteiger partial charge >= 0.3 is 5.97 Å². The van der Waals surface area contributed by atoms with Gasteiger partial charge in [-0.15, -0.1) is 0 Å². The van der Waals surface area contributed by atoms with Crippen LogP contribution >= 0.6 is 0 Å². The van der Waals surface area contributed by atoms with Crippen molar-refractivity contribution in [1.29, 1.82) is 0 Å². The molecule has 0 spiro atoms. The lowest BCUT2D eigenvalue weighted by molar-refractivity contribution is -0.137. The Hall–Kier alpha value is -2.02. The molecule has 5 nitrogen and oxygen atoms in total. The van der Waals surface area contributed by atoms with Crippen molar-refractivity contribution in [3.63, 3.8) is 0 Å². The Morgan fingerprint density at radius 3 is 2.52 bits per heavy atom. The molecule has 1 aromatic rings. The number of halogens is 2. The van der Waals surface area contributed by atoms with E-state index in [9.17, 15) is 18.4 Å². The van der Waals surface area contributed by atoms with Crippen molar-refractivity contribution in [3.05, 3.63) is 29.8 Å². The Morgan fingerprint density at radius 2 is 2.00 bits per heavy atom. The largest absolute Gasteiger partial charge is 0.481 e. The molecule has 7 heteroatoms. The predicted octanol–water partition coefficient (Wildman–Crippen LogP) is 2.09. The smallest absolute Gasteiger partial charge is 0.304 e. The molecule has 116 valence electrons. The molecule has 0 atom stereocenters. The molecule has 1 aromatic carbocycles. The zero-order valence-corrected chi connectivity index (χ0v) is 11.9. The van der Waals surface area contributed by atoms with E-state index in [1.54, 1.807) is 4.90 Å². The lowest BCUT2D eigenvalue weighted by Gasteiger charge is -2.25. The van der Waals surface area contributed by atoms with Gasteiger partial charge in [0.25, 0.3) is 0 Å². The summed E-state index contributed by atoms with van der Waals surface area (Å²) in [5, 5.41) is 11.0. The molecule has 1 rings (SSSR count). The molecule has 0 heterocycles. The first-order valence-corrected chi connectivity index (χ1v) is 6.50. The van der Waals surface area contributed by atoms with Crippen LogP contribution in [-0.4, -0.2) is 41.0 Å². The highest BCUT2D eigenvalue weighted by Gasteiger charge is 2.16. The topological polar surface area (TPSA) is 69.6 Å². The number of rotatable bonds is 7. The quantitative estimate of drug-likeness (QED) is 0.809. The number of nitrogens with one attached hydrogen (secondary N) is 1. The van der Waals surface area contributed by atoms with Gasteiger partial charge in [-0.3, -0.25) is 14.5 Å². The number of carboxylic acid groups (broad SMARTS) is 1. The Labute approximate surface area is 121 Å². The molecular formula is C14H18F2N2O3. The molecule has 0 fully saturated rings. The van der Waals surface area contributed by atoms with Crippen LogP contribution in [0.4, 0.5) is 14.5 Å². The number of aliphatic carboxylic acids is 1. The maximum Gasteiger partial charge on any atom is 0.304 e. The molecule has 0 aromatic heterocycles. The van der Waals surface area contributed by atoms with Crippen LogP contribution in [0.15, 0.2) is 18.2 Å². The number of hydrogen-bond donors (Lipinski definition) is 2. The van der Waals surface area contributed by atoms with Crippen LogP contribution in [0.25, 0.3) is 0 Å². The summed E-state index contributed by atoms with van der Waals surface area (Å²) < 4.78 is 26.2. The second-order valence-electron chi connectivity index (χ2n) is 4.88. The lowest BCUT2D eigenvalue weighted by atomic mass is 10.2. The van der Waals surface area contributed by atoms with Crippen molar-refractivity contribution in [1.82, 2.24) is 4.90 Å². The van der Waals surface area contributed by atoms with Gasteiger partial charge in [-0.05, 0) is 26.0 Å². The number of carbonyl (C=O) groups is 2. The van der Waals surface area contributed by atoms with Gasteiger partial charge in [-0.25, -0.2) is 8.78 Å². The molecular weight excluding hydrogens is 282 g/mol.